The standard InChI is InChI=1S/C38H58N2O8/c1-23(12-15-33(44)40-30(11-7-8-18-39)35(45)48-36(46)47-22-24-9-5-4-6-10-24)27-13-14-28-34-29(21-32(43)38(27,28)3)37(2)17-16-26(41)19-25(37)20-31(34)42/h4-6,9-10,23,25-32,34,41-43H,7-8,11-22,39H2,1-3H3,(H,40,44)/t23-,25+,26-,27-,28?,29?,30+,31-,32+,34?,37+,38-/m1/s1. The van der Waals surface area contributed by atoms with Crippen LogP contribution >= 0.6 is 0 Å². The molecule has 0 aliphatic heterocycles. The van der Waals surface area contributed by atoms with Crippen molar-refractivity contribution in [2.75, 3.05) is 6.54 Å². The van der Waals surface area contributed by atoms with E-state index in [-0.39, 0.29) is 71.4 Å². The molecule has 3 unspecified atom stereocenters. The summed E-state index contributed by atoms with van der Waals surface area (Å²) in [4.78, 5) is 38.4. The van der Waals surface area contributed by atoms with E-state index in [1.807, 2.05) is 18.2 Å². The van der Waals surface area contributed by atoms with Crippen molar-refractivity contribution in [1.29, 1.82) is 0 Å². The average Bonchev–Trinajstić information content (AvgIpc) is 3.42. The smallest absolute Gasteiger partial charge is 0.429 e. The lowest BCUT2D eigenvalue weighted by atomic mass is 9.43. The lowest BCUT2D eigenvalue weighted by molar-refractivity contribution is -0.207. The summed E-state index contributed by atoms with van der Waals surface area (Å²) in [5, 5.41) is 36.6. The van der Waals surface area contributed by atoms with E-state index < -0.39 is 30.4 Å². The van der Waals surface area contributed by atoms with Gasteiger partial charge in [-0.25, -0.2) is 9.59 Å². The van der Waals surface area contributed by atoms with Crippen LogP contribution in [0.25, 0.3) is 0 Å². The van der Waals surface area contributed by atoms with Crippen LogP contribution in [0.3, 0.4) is 0 Å². The minimum Gasteiger partial charge on any atom is -0.429 e. The van der Waals surface area contributed by atoms with Crippen molar-refractivity contribution in [1.82, 2.24) is 5.32 Å². The van der Waals surface area contributed by atoms with Crippen molar-refractivity contribution in [2.45, 2.75) is 129 Å². The minimum absolute atomic E-state index is 0.0215. The van der Waals surface area contributed by atoms with E-state index in [1.54, 1.807) is 12.1 Å². The van der Waals surface area contributed by atoms with Gasteiger partial charge >= 0.3 is 12.1 Å². The van der Waals surface area contributed by atoms with Gasteiger partial charge in [-0.15, -0.1) is 0 Å². The maximum absolute atomic E-state index is 13.2. The van der Waals surface area contributed by atoms with Crippen molar-refractivity contribution in [3.05, 3.63) is 35.9 Å². The number of esters is 1. The second kappa shape index (κ2) is 15.6. The monoisotopic (exact) mass is 670 g/mol. The maximum atomic E-state index is 13.2. The maximum Gasteiger partial charge on any atom is 0.516 e. The van der Waals surface area contributed by atoms with Gasteiger partial charge in [-0.3, -0.25) is 4.79 Å². The Morgan fingerprint density at radius 3 is 2.46 bits per heavy atom. The summed E-state index contributed by atoms with van der Waals surface area (Å²) in [6.45, 7) is 7.11. The van der Waals surface area contributed by atoms with E-state index in [0.717, 1.165) is 44.1 Å². The highest BCUT2D eigenvalue weighted by Gasteiger charge is 2.65. The molecule has 0 bridgehead atoms. The molecule has 1 aromatic carbocycles. The van der Waals surface area contributed by atoms with Crippen LogP contribution in [-0.2, 0) is 25.7 Å². The molecule has 10 nitrogen and oxygen atoms in total. The summed E-state index contributed by atoms with van der Waals surface area (Å²) in [6, 6.07) is 8.07. The molecule has 4 saturated carbocycles. The normalized spacial score (nSPS) is 36.9. The van der Waals surface area contributed by atoms with Gasteiger partial charge in [-0.2, -0.15) is 0 Å². The van der Waals surface area contributed by atoms with Crippen molar-refractivity contribution in [3.63, 3.8) is 0 Å². The quantitative estimate of drug-likeness (QED) is 0.119. The molecule has 268 valence electrons. The van der Waals surface area contributed by atoms with E-state index in [0.29, 0.717) is 38.6 Å². The number of hydrogen-bond acceptors (Lipinski definition) is 9. The van der Waals surface area contributed by atoms with Gasteiger partial charge < -0.3 is 35.8 Å². The molecule has 4 aliphatic carbocycles. The van der Waals surface area contributed by atoms with Gasteiger partial charge in [0.1, 0.15) is 12.6 Å². The first kappa shape index (κ1) is 36.7. The molecule has 6 N–H and O–H groups in total. The van der Waals surface area contributed by atoms with Crippen LogP contribution in [0.15, 0.2) is 30.3 Å². The van der Waals surface area contributed by atoms with Crippen LogP contribution in [0, 0.1) is 46.3 Å². The van der Waals surface area contributed by atoms with Crippen LogP contribution in [0.5, 0.6) is 0 Å². The molecule has 0 aromatic heterocycles. The number of aliphatic hydroxyl groups is 3. The summed E-state index contributed by atoms with van der Waals surface area (Å²) in [5.41, 5.74) is 6.06. The molecule has 0 heterocycles. The third-order valence-electron chi connectivity index (χ3n) is 13.3. The first-order valence-electron chi connectivity index (χ1n) is 18.3. The summed E-state index contributed by atoms with van der Waals surface area (Å²) < 4.78 is 10.0. The fraction of sp³-hybridized carbons (Fsp3) is 0.763. The third kappa shape index (κ3) is 7.62. The van der Waals surface area contributed by atoms with Crippen LogP contribution in [0.2, 0.25) is 0 Å². The highest BCUT2D eigenvalue weighted by atomic mass is 16.7. The van der Waals surface area contributed by atoms with Gasteiger partial charge in [0.2, 0.25) is 5.91 Å². The number of carbonyl (C=O) groups is 3. The van der Waals surface area contributed by atoms with Crippen molar-refractivity contribution in [2.24, 2.45) is 52.1 Å². The zero-order valence-corrected chi connectivity index (χ0v) is 29.0. The molecular formula is C38H58N2O8. The molecule has 10 heteroatoms. The first-order chi connectivity index (χ1) is 22.9. The zero-order chi connectivity index (χ0) is 34.6. The van der Waals surface area contributed by atoms with Crippen LogP contribution in [0.1, 0.15) is 103 Å². The topological polar surface area (TPSA) is 168 Å². The number of aliphatic hydroxyl groups excluding tert-OH is 3. The van der Waals surface area contributed by atoms with E-state index >= 15 is 0 Å². The number of amides is 1. The predicted molar refractivity (Wildman–Crippen MR) is 180 cm³/mol. The van der Waals surface area contributed by atoms with E-state index in [9.17, 15) is 29.7 Å². The lowest BCUT2D eigenvalue weighted by Crippen LogP contribution is -2.62. The Kier molecular flexibility index (Phi) is 11.9. The number of hydrogen-bond donors (Lipinski definition) is 5. The van der Waals surface area contributed by atoms with Gasteiger partial charge in [-0.1, -0.05) is 51.1 Å². The molecule has 1 amide bonds. The molecule has 1 aromatic rings. The number of benzene rings is 1. The van der Waals surface area contributed by atoms with Crippen LogP contribution in [0.4, 0.5) is 4.79 Å². The van der Waals surface area contributed by atoms with Crippen LogP contribution < -0.4 is 11.1 Å². The van der Waals surface area contributed by atoms with Gasteiger partial charge in [0, 0.05) is 6.42 Å². The summed E-state index contributed by atoms with van der Waals surface area (Å²) in [5.74, 6) is 0.0402. The van der Waals surface area contributed by atoms with Gasteiger partial charge in [0.15, 0.2) is 0 Å². The molecule has 12 atom stereocenters. The molecule has 4 fully saturated rings. The third-order valence-corrected chi connectivity index (χ3v) is 13.3. The number of nitrogens with two attached hydrogens (primary N) is 1. The molecule has 0 spiro atoms. The van der Waals surface area contributed by atoms with Gasteiger partial charge in [-0.05, 0) is 129 Å². The molecule has 5 rings (SSSR count). The van der Waals surface area contributed by atoms with Gasteiger partial charge in [0.25, 0.3) is 0 Å². The van der Waals surface area contributed by atoms with Crippen molar-refractivity contribution in [3.8, 4) is 0 Å². The summed E-state index contributed by atoms with van der Waals surface area (Å²) in [7, 11) is 0. The highest BCUT2D eigenvalue weighted by Crippen LogP contribution is 2.68. The van der Waals surface area contributed by atoms with Crippen molar-refractivity contribution >= 4 is 18.0 Å². The molecule has 4 aliphatic rings. The Labute approximate surface area is 285 Å². The SMILES string of the molecule is C[C@H](CCC(=O)N[C@@H](CCCCN)C(=O)OC(=O)OCc1ccccc1)[C@H]1CCC2C3C(C[C@H](O)[C@@]21C)[C@@]1(C)CC[C@@H](O)C[C@H]1C[C@H]3O. The molecule has 48 heavy (non-hydrogen) atoms. The predicted octanol–water partition coefficient (Wildman–Crippen LogP) is 4.86. The second-order valence-electron chi connectivity index (χ2n) is 15.9. The number of ether oxygens (including phenoxy) is 2. The Hall–Kier alpha value is -2.53. The first-order valence-corrected chi connectivity index (χ1v) is 18.3. The second-order valence-corrected chi connectivity index (χ2v) is 15.9. The summed E-state index contributed by atoms with van der Waals surface area (Å²) in [6.07, 6.45) is 5.73. The Morgan fingerprint density at radius 1 is 0.979 bits per heavy atom. The Bertz CT molecular complexity index is 1260. The average molecular weight is 671 g/mol. The molecule has 0 saturated heterocycles. The summed E-state index contributed by atoms with van der Waals surface area (Å²) >= 11 is 0. The number of unbranched alkanes of at least 4 members (excludes halogenated alkanes) is 1. The zero-order valence-electron chi connectivity index (χ0n) is 29.0. The number of carbonyl (C=O) groups excluding carboxylic acids is 3. The number of nitrogens with one attached hydrogen (secondary N) is 1. The largest absolute Gasteiger partial charge is 0.516 e. The number of rotatable bonds is 12. The molecular weight excluding hydrogens is 612 g/mol. The fourth-order valence-electron chi connectivity index (χ4n) is 10.6. The van der Waals surface area contributed by atoms with E-state index in [1.165, 1.54) is 0 Å². The van der Waals surface area contributed by atoms with Gasteiger partial charge in [0.05, 0.1) is 18.3 Å². The Balaban J connectivity index is 1.17. The molecule has 0 radical (unpaired) electrons. The highest BCUT2D eigenvalue weighted by molar-refractivity contribution is 5.89. The number of fused-ring (bicyclic) bond motifs is 5. The van der Waals surface area contributed by atoms with Crippen LogP contribution in [-0.4, -0.2) is 64.2 Å². The van der Waals surface area contributed by atoms with E-state index in [4.69, 9.17) is 15.2 Å². The Morgan fingerprint density at radius 2 is 1.73 bits per heavy atom. The lowest BCUT2D eigenvalue weighted by Gasteiger charge is -2.63. The van der Waals surface area contributed by atoms with E-state index in [2.05, 4.69) is 26.1 Å². The minimum atomic E-state index is -1.11. The fourth-order valence-corrected chi connectivity index (χ4v) is 10.6. The van der Waals surface area contributed by atoms with Crippen molar-refractivity contribution < 1.29 is 39.2 Å².